The number of aromatic nitrogens is 1. The van der Waals surface area contributed by atoms with E-state index in [1.54, 1.807) is 18.3 Å². The molecule has 0 saturated carbocycles. The molecule has 1 aliphatic heterocycles. The van der Waals surface area contributed by atoms with Gasteiger partial charge in [0.05, 0.1) is 23.3 Å². The molecule has 0 radical (unpaired) electrons. The number of nitrogens with zero attached hydrogens (tertiary/aromatic N) is 1. The molecule has 1 aromatic carbocycles. The topological polar surface area (TPSA) is 85.2 Å². The molecule has 3 rings (SSSR count). The van der Waals surface area contributed by atoms with Gasteiger partial charge in [0.25, 0.3) is 5.56 Å². The average molecular weight is 291 g/mol. The highest BCUT2D eigenvalue weighted by molar-refractivity contribution is 7.89. The predicted molar refractivity (Wildman–Crippen MR) is 79.9 cm³/mol. The second-order valence-corrected chi connectivity index (χ2v) is 6.62. The molecule has 1 aliphatic rings. The number of hydrogen-bond acceptors (Lipinski definition) is 4. The Labute approximate surface area is 120 Å². The largest absolute Gasteiger partial charge is 0.593 e. The maximum atomic E-state index is 12.7. The third-order valence-electron chi connectivity index (χ3n) is 3.70. The zero-order chi connectivity index (χ0) is 14.3. The van der Waals surface area contributed by atoms with Gasteiger partial charge < -0.3 is 15.3 Å². The number of aryl methyl sites for hydroxylation is 1. The van der Waals surface area contributed by atoms with E-state index in [-0.39, 0.29) is 11.6 Å². The molecule has 2 aromatic rings. The summed E-state index contributed by atoms with van der Waals surface area (Å²) in [5.41, 5.74) is 6.65. The van der Waals surface area contributed by atoms with Gasteiger partial charge in [-0.05, 0) is 31.0 Å². The lowest BCUT2D eigenvalue weighted by Gasteiger charge is -2.20. The summed E-state index contributed by atoms with van der Waals surface area (Å²) in [6, 6.07) is 5.45. The van der Waals surface area contributed by atoms with E-state index < -0.39 is 11.4 Å². The Morgan fingerprint density at radius 1 is 1.50 bits per heavy atom. The molecule has 0 amide bonds. The van der Waals surface area contributed by atoms with Crippen molar-refractivity contribution in [3.63, 3.8) is 0 Å². The van der Waals surface area contributed by atoms with Crippen LogP contribution in [-0.2, 0) is 11.4 Å². The highest BCUT2D eigenvalue weighted by atomic mass is 32.2. The monoisotopic (exact) mass is 291 g/mol. The van der Waals surface area contributed by atoms with E-state index in [1.165, 1.54) is 0 Å². The smallest absolute Gasteiger partial charge is 0.256 e. The number of H-pyrrole nitrogens is 1. The number of benzene rings is 1. The Bertz CT molecular complexity index is 700. The van der Waals surface area contributed by atoms with Gasteiger partial charge in [0.2, 0.25) is 0 Å². The molecule has 1 fully saturated rings. The summed E-state index contributed by atoms with van der Waals surface area (Å²) in [5.74, 6) is 0. The van der Waals surface area contributed by atoms with Crippen molar-refractivity contribution in [2.75, 3.05) is 13.1 Å². The first-order valence-electron chi connectivity index (χ1n) is 6.61. The lowest BCUT2D eigenvalue weighted by Crippen LogP contribution is -2.32. The molecule has 106 valence electrons. The fraction of sp³-hybridized carbons (Fsp3) is 0.357. The van der Waals surface area contributed by atoms with Gasteiger partial charge in [-0.25, -0.2) is 0 Å². The molecule has 1 saturated heterocycles. The van der Waals surface area contributed by atoms with Crippen LogP contribution in [-0.4, -0.2) is 33.0 Å². The molecule has 0 aliphatic carbocycles. The van der Waals surface area contributed by atoms with Gasteiger partial charge in [-0.1, -0.05) is 6.07 Å². The van der Waals surface area contributed by atoms with Gasteiger partial charge in [-0.3, -0.25) is 4.79 Å². The summed E-state index contributed by atoms with van der Waals surface area (Å²) in [6.07, 6.45) is 2.52. The van der Waals surface area contributed by atoms with Crippen LogP contribution >= 0.6 is 0 Å². The maximum Gasteiger partial charge on any atom is 0.256 e. The van der Waals surface area contributed by atoms with Crippen LogP contribution in [0.25, 0.3) is 10.8 Å². The Balaban J connectivity index is 2.12. The van der Waals surface area contributed by atoms with Crippen LogP contribution in [0.5, 0.6) is 0 Å². The molecule has 3 N–H and O–H groups in total. The SMILES string of the molecule is Cc1c[nH]c(=O)c2cccc([S+]([O-])N3CCC(N)C3)c12. The summed E-state index contributed by atoms with van der Waals surface area (Å²) in [6.45, 7) is 3.27. The van der Waals surface area contributed by atoms with Crippen LogP contribution < -0.4 is 11.3 Å². The van der Waals surface area contributed by atoms with Crippen LogP contribution in [0.15, 0.2) is 34.1 Å². The Kier molecular flexibility index (Phi) is 3.55. The van der Waals surface area contributed by atoms with Crippen LogP contribution in [0.4, 0.5) is 0 Å². The predicted octanol–water partition coefficient (Wildman–Crippen LogP) is 0.892. The van der Waals surface area contributed by atoms with Gasteiger partial charge in [0, 0.05) is 24.2 Å². The average Bonchev–Trinajstić information content (AvgIpc) is 2.88. The van der Waals surface area contributed by atoms with E-state index in [0.29, 0.717) is 16.8 Å². The van der Waals surface area contributed by atoms with Crippen molar-refractivity contribution in [2.24, 2.45) is 5.73 Å². The molecule has 0 bridgehead atoms. The van der Waals surface area contributed by atoms with E-state index >= 15 is 0 Å². The molecule has 2 atom stereocenters. The van der Waals surface area contributed by atoms with Crippen molar-refractivity contribution in [2.45, 2.75) is 24.3 Å². The molecule has 2 unspecified atom stereocenters. The number of fused-ring (bicyclic) bond motifs is 1. The van der Waals surface area contributed by atoms with Gasteiger partial charge in [-0.15, -0.1) is 4.31 Å². The molecule has 0 spiro atoms. The molecule has 2 heterocycles. The Morgan fingerprint density at radius 2 is 2.30 bits per heavy atom. The lowest BCUT2D eigenvalue weighted by molar-refractivity contribution is 0.472. The molecular formula is C14H17N3O2S. The molecule has 20 heavy (non-hydrogen) atoms. The fourth-order valence-corrected chi connectivity index (χ4v) is 4.16. The third-order valence-corrected chi connectivity index (χ3v) is 5.21. The van der Waals surface area contributed by atoms with Gasteiger partial charge in [0.15, 0.2) is 4.90 Å². The normalized spacial score (nSPS) is 21.4. The van der Waals surface area contributed by atoms with Gasteiger partial charge in [-0.2, -0.15) is 0 Å². The minimum atomic E-state index is -1.27. The molecule has 5 nitrogen and oxygen atoms in total. The zero-order valence-corrected chi connectivity index (χ0v) is 12.1. The molecule has 6 heteroatoms. The summed E-state index contributed by atoms with van der Waals surface area (Å²) < 4.78 is 14.6. The number of aromatic amines is 1. The molecule has 1 aromatic heterocycles. The van der Waals surface area contributed by atoms with Gasteiger partial charge in [0.1, 0.15) is 0 Å². The standard InChI is InChI=1S/C14H17N3O2S/c1-9-7-16-14(18)11-3-2-4-12(13(9)11)20(19)17-6-5-10(15)8-17/h2-4,7,10H,5-6,8,15H2,1H3,(H,16,18). The zero-order valence-electron chi connectivity index (χ0n) is 11.3. The van der Waals surface area contributed by atoms with Crippen molar-refractivity contribution in [1.82, 2.24) is 9.29 Å². The number of nitrogens with two attached hydrogens (primary N) is 1. The maximum absolute atomic E-state index is 12.7. The van der Waals surface area contributed by atoms with E-state index in [9.17, 15) is 9.35 Å². The van der Waals surface area contributed by atoms with E-state index in [1.807, 2.05) is 17.3 Å². The van der Waals surface area contributed by atoms with Crippen LogP contribution in [0.1, 0.15) is 12.0 Å². The third kappa shape index (κ3) is 2.25. The number of nitrogens with one attached hydrogen (secondary N) is 1. The van der Waals surface area contributed by atoms with Crippen LogP contribution in [0, 0.1) is 6.92 Å². The first-order chi connectivity index (χ1) is 9.58. The first kappa shape index (κ1) is 13.6. The number of pyridine rings is 1. The van der Waals surface area contributed by atoms with Crippen molar-refractivity contribution in [1.29, 1.82) is 0 Å². The van der Waals surface area contributed by atoms with E-state index in [4.69, 9.17) is 5.73 Å². The summed E-state index contributed by atoms with van der Waals surface area (Å²) in [4.78, 5) is 15.3. The minimum Gasteiger partial charge on any atom is -0.593 e. The second kappa shape index (κ2) is 5.21. The van der Waals surface area contributed by atoms with Crippen molar-refractivity contribution >= 4 is 22.1 Å². The quantitative estimate of drug-likeness (QED) is 0.805. The minimum absolute atomic E-state index is 0.0819. The second-order valence-electron chi connectivity index (χ2n) is 5.17. The van der Waals surface area contributed by atoms with Crippen LogP contribution in [0.3, 0.4) is 0 Å². The highest BCUT2D eigenvalue weighted by Crippen LogP contribution is 2.28. The van der Waals surface area contributed by atoms with E-state index in [2.05, 4.69) is 4.98 Å². The summed E-state index contributed by atoms with van der Waals surface area (Å²) in [7, 11) is 0. The number of rotatable bonds is 2. The first-order valence-corrected chi connectivity index (χ1v) is 7.72. The summed E-state index contributed by atoms with van der Waals surface area (Å²) in [5, 5.41) is 1.37. The molecular weight excluding hydrogens is 274 g/mol. The van der Waals surface area contributed by atoms with Crippen molar-refractivity contribution in [3.05, 3.63) is 40.3 Å². The highest BCUT2D eigenvalue weighted by Gasteiger charge is 2.31. The summed E-state index contributed by atoms with van der Waals surface area (Å²) >= 11 is -1.27. The lowest BCUT2D eigenvalue weighted by atomic mass is 10.1. The van der Waals surface area contributed by atoms with Gasteiger partial charge >= 0.3 is 0 Å². The van der Waals surface area contributed by atoms with Crippen LogP contribution in [0.2, 0.25) is 0 Å². The Morgan fingerprint density at radius 3 is 3.00 bits per heavy atom. The number of hydrogen-bond donors (Lipinski definition) is 2. The van der Waals surface area contributed by atoms with Crippen molar-refractivity contribution < 1.29 is 4.55 Å². The Hall–Kier alpha value is -1.34. The van der Waals surface area contributed by atoms with E-state index in [0.717, 1.165) is 23.9 Å². The van der Waals surface area contributed by atoms with Crippen molar-refractivity contribution in [3.8, 4) is 0 Å². The fourth-order valence-electron chi connectivity index (χ4n) is 2.64.